The number of amides is 1. The maximum Gasteiger partial charge on any atom is 0.227 e. The van der Waals surface area contributed by atoms with Gasteiger partial charge in [-0.1, -0.05) is 0 Å². The summed E-state index contributed by atoms with van der Waals surface area (Å²) in [5.74, 6) is 0.524. The number of aromatic nitrogens is 1. The summed E-state index contributed by atoms with van der Waals surface area (Å²) in [5, 5.41) is 0. The van der Waals surface area contributed by atoms with E-state index >= 15 is 0 Å². The number of nitrogens with zero attached hydrogens (tertiary/aromatic N) is 1. The van der Waals surface area contributed by atoms with Crippen molar-refractivity contribution in [3.05, 3.63) is 27.1 Å². The van der Waals surface area contributed by atoms with Gasteiger partial charge in [0, 0.05) is 31.2 Å². The Hall–Kier alpha value is -0.810. The summed E-state index contributed by atoms with van der Waals surface area (Å²) in [6, 6.07) is 0. The normalized spacial score (nSPS) is 20.5. The highest BCUT2D eigenvalue weighted by Gasteiger charge is 2.31. The second-order valence-electron chi connectivity index (χ2n) is 3.75. The summed E-state index contributed by atoms with van der Waals surface area (Å²) >= 11 is 8.86. The first-order valence-corrected chi connectivity index (χ1v) is 6.19. The number of carbonyl (C=O) groups is 1. The van der Waals surface area contributed by atoms with E-state index in [-0.39, 0.29) is 17.3 Å². The molecule has 1 atom stereocenters. The van der Waals surface area contributed by atoms with Crippen LogP contribution in [0.1, 0.15) is 6.42 Å². The average molecular weight is 306 g/mol. The minimum Gasteiger partial charge on any atom is -0.365 e. The van der Waals surface area contributed by atoms with E-state index in [0.717, 1.165) is 0 Å². The molecule has 16 heavy (non-hydrogen) atoms. The van der Waals surface area contributed by atoms with Gasteiger partial charge in [0.05, 0.1) is 4.47 Å². The summed E-state index contributed by atoms with van der Waals surface area (Å²) in [6.07, 6.45) is 3.50. The van der Waals surface area contributed by atoms with Gasteiger partial charge in [0.2, 0.25) is 11.3 Å². The van der Waals surface area contributed by atoms with E-state index < -0.39 is 0 Å². The fourth-order valence-electron chi connectivity index (χ4n) is 1.77. The van der Waals surface area contributed by atoms with E-state index in [2.05, 4.69) is 20.9 Å². The molecule has 2 heterocycles. The van der Waals surface area contributed by atoms with E-state index in [4.69, 9.17) is 11.6 Å². The van der Waals surface area contributed by atoms with Crippen LogP contribution in [-0.4, -0.2) is 23.3 Å². The standard InChI is InChI=1S/C10H10BrClN2O2/c11-7-3-13-4-8(10(7)16)14-5-6(2-12)1-9(14)15/h3-4,6H,1-2,5H2,(H,13,16). The predicted molar refractivity (Wildman–Crippen MR) is 65.9 cm³/mol. The number of rotatable bonds is 2. The molecule has 0 radical (unpaired) electrons. The molecule has 86 valence electrons. The summed E-state index contributed by atoms with van der Waals surface area (Å²) in [7, 11) is 0. The van der Waals surface area contributed by atoms with Crippen LogP contribution in [0.25, 0.3) is 0 Å². The zero-order valence-corrected chi connectivity index (χ0v) is 10.7. The van der Waals surface area contributed by atoms with E-state index in [9.17, 15) is 9.59 Å². The second-order valence-corrected chi connectivity index (χ2v) is 4.91. The first-order chi connectivity index (χ1) is 7.63. The van der Waals surface area contributed by atoms with Gasteiger partial charge in [0.15, 0.2) is 0 Å². The van der Waals surface area contributed by atoms with Crippen molar-refractivity contribution in [1.29, 1.82) is 0 Å². The van der Waals surface area contributed by atoms with Gasteiger partial charge >= 0.3 is 0 Å². The molecule has 1 N–H and O–H groups in total. The van der Waals surface area contributed by atoms with Gasteiger partial charge in [0.25, 0.3) is 0 Å². The number of halogens is 2. The van der Waals surface area contributed by atoms with Crippen molar-refractivity contribution in [3.8, 4) is 0 Å². The molecule has 1 aromatic rings. The Kier molecular flexibility index (Phi) is 3.35. The number of nitrogens with one attached hydrogen (secondary N) is 1. The van der Waals surface area contributed by atoms with Crippen molar-refractivity contribution in [3.63, 3.8) is 0 Å². The van der Waals surface area contributed by atoms with E-state index in [1.54, 1.807) is 12.4 Å². The molecule has 0 saturated carbocycles. The lowest BCUT2D eigenvalue weighted by atomic mass is 10.1. The fourth-order valence-corrected chi connectivity index (χ4v) is 2.31. The van der Waals surface area contributed by atoms with Gasteiger partial charge in [-0.05, 0) is 21.8 Å². The third kappa shape index (κ3) is 2.01. The van der Waals surface area contributed by atoms with Gasteiger partial charge in [-0.3, -0.25) is 9.59 Å². The minimum absolute atomic E-state index is 0.0470. The van der Waals surface area contributed by atoms with Crippen LogP contribution in [0.5, 0.6) is 0 Å². The molecular weight excluding hydrogens is 295 g/mol. The molecule has 1 aliphatic heterocycles. The minimum atomic E-state index is -0.178. The van der Waals surface area contributed by atoms with Gasteiger partial charge in [-0.25, -0.2) is 0 Å². The van der Waals surface area contributed by atoms with Crippen LogP contribution < -0.4 is 10.3 Å². The van der Waals surface area contributed by atoms with Crippen LogP contribution in [0.4, 0.5) is 5.69 Å². The summed E-state index contributed by atoms with van der Waals surface area (Å²) in [4.78, 5) is 27.8. The smallest absolute Gasteiger partial charge is 0.227 e. The highest BCUT2D eigenvalue weighted by molar-refractivity contribution is 9.10. The largest absolute Gasteiger partial charge is 0.365 e. The monoisotopic (exact) mass is 304 g/mol. The molecule has 0 aromatic carbocycles. The third-order valence-corrected chi connectivity index (χ3v) is 3.62. The van der Waals surface area contributed by atoms with E-state index in [1.165, 1.54) is 4.90 Å². The zero-order valence-electron chi connectivity index (χ0n) is 8.37. The molecule has 1 amide bonds. The van der Waals surface area contributed by atoms with Crippen LogP contribution in [-0.2, 0) is 4.79 Å². The number of carbonyl (C=O) groups excluding carboxylic acids is 1. The lowest BCUT2D eigenvalue weighted by molar-refractivity contribution is -0.117. The van der Waals surface area contributed by atoms with Gasteiger partial charge in [0.1, 0.15) is 5.69 Å². The van der Waals surface area contributed by atoms with Crippen LogP contribution in [0.15, 0.2) is 21.7 Å². The Balaban J connectivity index is 2.35. The quantitative estimate of drug-likeness (QED) is 0.846. The Bertz CT molecular complexity index is 474. The lowest BCUT2D eigenvalue weighted by Gasteiger charge is -2.15. The molecule has 1 unspecified atom stereocenters. The number of alkyl halides is 1. The maximum atomic E-state index is 11.8. The van der Waals surface area contributed by atoms with Crippen molar-refractivity contribution in [2.24, 2.45) is 5.92 Å². The molecule has 2 rings (SSSR count). The zero-order chi connectivity index (χ0) is 11.7. The predicted octanol–water partition coefficient (Wildman–Crippen LogP) is 1.73. The fraction of sp³-hybridized carbons (Fsp3) is 0.400. The number of hydrogen-bond donors (Lipinski definition) is 1. The Morgan fingerprint density at radius 1 is 1.50 bits per heavy atom. The van der Waals surface area contributed by atoms with Crippen LogP contribution in [0.3, 0.4) is 0 Å². The molecular formula is C10H10BrClN2O2. The van der Waals surface area contributed by atoms with Crippen molar-refractivity contribution in [2.75, 3.05) is 17.3 Å². The number of pyridine rings is 1. The Morgan fingerprint density at radius 2 is 2.25 bits per heavy atom. The topological polar surface area (TPSA) is 53.2 Å². The third-order valence-electron chi connectivity index (χ3n) is 2.59. The number of hydrogen-bond acceptors (Lipinski definition) is 2. The summed E-state index contributed by atoms with van der Waals surface area (Å²) < 4.78 is 0.423. The number of H-pyrrole nitrogens is 1. The van der Waals surface area contributed by atoms with Gasteiger partial charge in [-0.2, -0.15) is 0 Å². The molecule has 1 fully saturated rings. The van der Waals surface area contributed by atoms with Crippen LogP contribution >= 0.6 is 27.5 Å². The van der Waals surface area contributed by atoms with Crippen molar-refractivity contribution in [2.45, 2.75) is 6.42 Å². The molecule has 1 saturated heterocycles. The molecule has 1 aliphatic rings. The highest BCUT2D eigenvalue weighted by Crippen LogP contribution is 2.23. The average Bonchev–Trinajstić information content (AvgIpc) is 2.64. The summed E-state index contributed by atoms with van der Waals surface area (Å²) in [5.41, 5.74) is 0.203. The first kappa shape index (κ1) is 11.7. The van der Waals surface area contributed by atoms with Crippen molar-refractivity contribution >= 4 is 39.1 Å². The van der Waals surface area contributed by atoms with E-state index in [0.29, 0.717) is 29.0 Å². The molecule has 0 spiro atoms. The van der Waals surface area contributed by atoms with Gasteiger partial charge in [-0.15, -0.1) is 11.6 Å². The van der Waals surface area contributed by atoms with Crippen molar-refractivity contribution in [1.82, 2.24) is 4.98 Å². The Morgan fingerprint density at radius 3 is 2.88 bits per heavy atom. The molecule has 0 bridgehead atoms. The highest BCUT2D eigenvalue weighted by atomic mass is 79.9. The van der Waals surface area contributed by atoms with E-state index in [1.807, 2.05) is 0 Å². The molecule has 1 aromatic heterocycles. The molecule has 6 heteroatoms. The summed E-state index contributed by atoms with van der Waals surface area (Å²) in [6.45, 7) is 0.516. The van der Waals surface area contributed by atoms with Crippen molar-refractivity contribution < 1.29 is 4.79 Å². The number of anilines is 1. The maximum absolute atomic E-state index is 11.8. The number of aromatic amines is 1. The first-order valence-electron chi connectivity index (χ1n) is 4.86. The molecule has 0 aliphatic carbocycles. The molecule has 4 nitrogen and oxygen atoms in total. The SMILES string of the molecule is O=C1CC(CCl)CN1c1c[nH]cc(Br)c1=O. The van der Waals surface area contributed by atoms with Crippen LogP contribution in [0.2, 0.25) is 0 Å². The van der Waals surface area contributed by atoms with Crippen LogP contribution in [0, 0.1) is 5.92 Å². The Labute approximate surface area is 106 Å². The second kappa shape index (κ2) is 4.59. The van der Waals surface area contributed by atoms with Gasteiger partial charge < -0.3 is 9.88 Å². The lowest BCUT2D eigenvalue weighted by Crippen LogP contribution is -2.30.